The van der Waals surface area contributed by atoms with E-state index < -0.39 is 5.97 Å². The van der Waals surface area contributed by atoms with Crippen molar-refractivity contribution in [1.29, 1.82) is 0 Å². The van der Waals surface area contributed by atoms with Crippen molar-refractivity contribution in [2.75, 3.05) is 13.7 Å². The summed E-state index contributed by atoms with van der Waals surface area (Å²) in [5.41, 5.74) is 5.47. The molecule has 0 atom stereocenters. The van der Waals surface area contributed by atoms with Crippen LogP contribution in [-0.2, 0) is 9.53 Å². The van der Waals surface area contributed by atoms with Crippen LogP contribution in [0.1, 0.15) is 6.92 Å². The first-order valence-electron chi connectivity index (χ1n) is 3.74. The molecule has 72 valence electrons. The number of amidine groups is 1. The zero-order valence-corrected chi connectivity index (χ0v) is 7.78. The van der Waals surface area contributed by atoms with Crippen LogP contribution in [0.25, 0.3) is 0 Å². The summed E-state index contributed by atoms with van der Waals surface area (Å²) in [5, 5.41) is 0. The maximum atomic E-state index is 11.0. The van der Waals surface area contributed by atoms with E-state index in [1.807, 2.05) is 0 Å². The smallest absolute Gasteiger partial charge is 0.375 e. The Hall–Kier alpha value is -1.65. The van der Waals surface area contributed by atoms with Crippen LogP contribution in [-0.4, -0.2) is 31.7 Å². The number of carbonyl (C=O) groups is 1. The highest BCUT2D eigenvalue weighted by molar-refractivity contribution is 6.37. The average molecular weight is 183 g/mol. The van der Waals surface area contributed by atoms with Gasteiger partial charge in [-0.3, -0.25) is 4.99 Å². The minimum Gasteiger partial charge on any atom is -0.460 e. The van der Waals surface area contributed by atoms with E-state index in [1.165, 1.54) is 13.3 Å². The van der Waals surface area contributed by atoms with Gasteiger partial charge in [0.25, 0.3) is 0 Å². The molecular weight excluding hydrogens is 170 g/mol. The minimum atomic E-state index is -0.567. The molecule has 0 aromatic heterocycles. The van der Waals surface area contributed by atoms with Crippen molar-refractivity contribution < 1.29 is 9.53 Å². The fourth-order valence-electron chi connectivity index (χ4n) is 0.541. The van der Waals surface area contributed by atoms with Gasteiger partial charge in [0.05, 0.1) is 12.8 Å². The number of ether oxygens (including phenoxy) is 1. The molecule has 0 saturated carbocycles. The average Bonchev–Trinajstić information content (AvgIpc) is 2.05. The van der Waals surface area contributed by atoms with E-state index >= 15 is 0 Å². The number of hydrogen-bond donors (Lipinski definition) is 1. The molecule has 0 fully saturated rings. The standard InChI is InChI=1S/C8H13N3O2/c1-4-13-8(12)7(10-3)11-5-6(2)9/h5H,2,4,9H2,1,3H3. The van der Waals surface area contributed by atoms with Gasteiger partial charge < -0.3 is 10.5 Å². The molecule has 5 heteroatoms. The number of aliphatic imine (C=N–C) groups is 2. The van der Waals surface area contributed by atoms with Crippen molar-refractivity contribution in [3.63, 3.8) is 0 Å². The van der Waals surface area contributed by atoms with Crippen molar-refractivity contribution >= 4 is 18.0 Å². The lowest BCUT2D eigenvalue weighted by molar-refractivity contribution is -0.135. The van der Waals surface area contributed by atoms with Crippen molar-refractivity contribution in [2.24, 2.45) is 15.7 Å². The highest BCUT2D eigenvalue weighted by atomic mass is 16.5. The van der Waals surface area contributed by atoms with Crippen LogP contribution in [0.5, 0.6) is 0 Å². The maximum Gasteiger partial charge on any atom is 0.375 e. The Morgan fingerprint density at radius 3 is 2.69 bits per heavy atom. The summed E-state index contributed by atoms with van der Waals surface area (Å²) >= 11 is 0. The van der Waals surface area contributed by atoms with Gasteiger partial charge in [-0.2, -0.15) is 0 Å². The van der Waals surface area contributed by atoms with E-state index in [-0.39, 0.29) is 18.1 Å². The van der Waals surface area contributed by atoms with Crippen molar-refractivity contribution in [3.05, 3.63) is 12.3 Å². The number of nitrogens with zero attached hydrogens (tertiary/aromatic N) is 2. The lowest BCUT2D eigenvalue weighted by Crippen LogP contribution is -2.16. The van der Waals surface area contributed by atoms with Crippen LogP contribution in [0, 0.1) is 0 Å². The van der Waals surface area contributed by atoms with Gasteiger partial charge in [-0.15, -0.1) is 0 Å². The Bertz CT molecular complexity index is 256. The summed E-state index contributed by atoms with van der Waals surface area (Å²) in [4.78, 5) is 18.4. The predicted molar refractivity (Wildman–Crippen MR) is 51.8 cm³/mol. The molecule has 0 aromatic carbocycles. The number of rotatable bonds is 2. The van der Waals surface area contributed by atoms with Gasteiger partial charge in [0.1, 0.15) is 0 Å². The summed E-state index contributed by atoms with van der Waals surface area (Å²) in [6, 6.07) is 0. The summed E-state index contributed by atoms with van der Waals surface area (Å²) in [6.07, 6.45) is 1.25. The van der Waals surface area contributed by atoms with Gasteiger partial charge in [0.15, 0.2) is 0 Å². The normalized spacial score (nSPS) is 11.7. The van der Waals surface area contributed by atoms with E-state index in [1.54, 1.807) is 6.92 Å². The lowest BCUT2D eigenvalue weighted by Gasteiger charge is -1.98. The second kappa shape index (κ2) is 5.93. The molecular formula is C8H13N3O2. The molecule has 0 rings (SSSR count). The minimum absolute atomic E-state index is 0.0200. The molecule has 0 unspecified atom stereocenters. The zero-order chi connectivity index (χ0) is 10.3. The number of nitrogens with two attached hydrogens (primary N) is 1. The third-order valence-corrected chi connectivity index (χ3v) is 1.02. The SMILES string of the molecule is C=C(N)C=NC(=NC)C(=O)OCC. The summed E-state index contributed by atoms with van der Waals surface area (Å²) in [7, 11) is 1.45. The van der Waals surface area contributed by atoms with Gasteiger partial charge in [0, 0.05) is 12.7 Å². The van der Waals surface area contributed by atoms with Crippen LogP contribution in [0.15, 0.2) is 22.3 Å². The molecule has 0 heterocycles. The van der Waals surface area contributed by atoms with Crippen LogP contribution in [0.4, 0.5) is 0 Å². The first kappa shape index (κ1) is 11.4. The van der Waals surface area contributed by atoms with Gasteiger partial charge in [-0.1, -0.05) is 6.58 Å². The molecule has 2 N–H and O–H groups in total. The molecule has 0 aliphatic carbocycles. The molecule has 0 bridgehead atoms. The number of carbonyl (C=O) groups excluding carboxylic acids is 1. The summed E-state index contributed by atoms with van der Waals surface area (Å²) in [6.45, 7) is 5.38. The molecule has 13 heavy (non-hydrogen) atoms. The molecule has 0 amide bonds. The Kier molecular flexibility index (Phi) is 5.18. The second-order valence-electron chi connectivity index (χ2n) is 2.10. The third kappa shape index (κ3) is 4.73. The molecule has 0 spiro atoms. The van der Waals surface area contributed by atoms with Gasteiger partial charge in [-0.25, -0.2) is 9.79 Å². The number of hydrogen-bond acceptors (Lipinski definition) is 4. The van der Waals surface area contributed by atoms with Gasteiger partial charge >= 0.3 is 5.97 Å². The van der Waals surface area contributed by atoms with Crippen LogP contribution < -0.4 is 5.73 Å². The first-order chi connectivity index (χ1) is 6.11. The Morgan fingerprint density at radius 1 is 1.69 bits per heavy atom. The van der Waals surface area contributed by atoms with Crippen LogP contribution >= 0.6 is 0 Å². The molecule has 5 nitrogen and oxygen atoms in total. The van der Waals surface area contributed by atoms with Gasteiger partial charge in [0.2, 0.25) is 5.84 Å². The van der Waals surface area contributed by atoms with Crippen LogP contribution in [0.3, 0.4) is 0 Å². The fourth-order valence-corrected chi connectivity index (χ4v) is 0.541. The second-order valence-corrected chi connectivity index (χ2v) is 2.10. The quantitative estimate of drug-likeness (QED) is 0.375. The summed E-state index contributed by atoms with van der Waals surface area (Å²) < 4.78 is 4.67. The topological polar surface area (TPSA) is 77.0 Å². The Morgan fingerprint density at radius 2 is 2.31 bits per heavy atom. The molecule has 0 saturated heterocycles. The number of allylic oxidation sites excluding steroid dienone is 1. The fraction of sp³-hybridized carbons (Fsp3) is 0.375. The third-order valence-electron chi connectivity index (χ3n) is 1.02. The van der Waals surface area contributed by atoms with Crippen molar-refractivity contribution in [1.82, 2.24) is 0 Å². The monoisotopic (exact) mass is 183 g/mol. The van der Waals surface area contributed by atoms with Gasteiger partial charge in [-0.05, 0) is 6.92 Å². The lowest BCUT2D eigenvalue weighted by atomic mass is 10.5. The number of esters is 1. The van der Waals surface area contributed by atoms with E-state index in [4.69, 9.17) is 5.73 Å². The molecule has 0 radical (unpaired) electrons. The van der Waals surface area contributed by atoms with E-state index in [9.17, 15) is 4.79 Å². The predicted octanol–water partition coefficient (Wildman–Crippen LogP) is 0.121. The molecule has 0 aliphatic heterocycles. The zero-order valence-electron chi connectivity index (χ0n) is 7.78. The first-order valence-corrected chi connectivity index (χ1v) is 3.74. The largest absolute Gasteiger partial charge is 0.460 e. The highest BCUT2D eigenvalue weighted by Gasteiger charge is 2.08. The molecule has 0 aromatic rings. The van der Waals surface area contributed by atoms with Crippen LogP contribution in [0.2, 0.25) is 0 Å². The summed E-state index contributed by atoms with van der Waals surface area (Å²) in [5.74, 6) is -0.587. The van der Waals surface area contributed by atoms with Crippen molar-refractivity contribution in [3.8, 4) is 0 Å². The van der Waals surface area contributed by atoms with E-state index in [0.717, 1.165) is 0 Å². The van der Waals surface area contributed by atoms with E-state index in [2.05, 4.69) is 21.3 Å². The molecule has 0 aliphatic rings. The van der Waals surface area contributed by atoms with E-state index in [0.29, 0.717) is 0 Å². The Balaban J connectivity index is 4.37. The maximum absolute atomic E-state index is 11.0. The highest BCUT2D eigenvalue weighted by Crippen LogP contribution is 1.87. The van der Waals surface area contributed by atoms with Crippen molar-refractivity contribution in [2.45, 2.75) is 6.92 Å². The Labute approximate surface area is 77.0 Å².